The molecule has 3 aromatic rings. The molecule has 0 bridgehead atoms. The molecule has 8 heteroatoms. The van der Waals surface area contributed by atoms with Crippen molar-refractivity contribution in [1.29, 1.82) is 0 Å². The predicted octanol–water partition coefficient (Wildman–Crippen LogP) is 3.46. The van der Waals surface area contributed by atoms with E-state index in [4.69, 9.17) is 21.1 Å². The molecule has 1 aromatic heterocycles. The van der Waals surface area contributed by atoms with Gasteiger partial charge < -0.3 is 19.4 Å². The van der Waals surface area contributed by atoms with Crippen LogP contribution in [0.15, 0.2) is 60.9 Å². The van der Waals surface area contributed by atoms with Crippen LogP contribution in [0.5, 0.6) is 5.75 Å². The monoisotopic (exact) mass is 454 g/mol. The first-order valence-corrected chi connectivity index (χ1v) is 11.0. The third-order valence-electron chi connectivity index (χ3n) is 5.61. The Morgan fingerprint density at radius 3 is 2.62 bits per heavy atom. The van der Waals surface area contributed by atoms with Gasteiger partial charge in [0.15, 0.2) is 0 Å². The van der Waals surface area contributed by atoms with Crippen molar-refractivity contribution in [3.63, 3.8) is 0 Å². The Bertz CT molecular complexity index is 1030. The van der Waals surface area contributed by atoms with E-state index in [0.29, 0.717) is 42.7 Å². The molecule has 1 atom stereocenters. The normalized spacial score (nSPS) is 15.3. The fourth-order valence-electron chi connectivity index (χ4n) is 3.75. The molecular formula is C24H27ClN4O3. The highest BCUT2D eigenvalue weighted by Crippen LogP contribution is 2.28. The van der Waals surface area contributed by atoms with E-state index in [0.717, 1.165) is 24.5 Å². The molecule has 0 aliphatic carbocycles. The number of halogens is 1. The Labute approximate surface area is 192 Å². The molecule has 168 valence electrons. The molecule has 1 aliphatic heterocycles. The lowest BCUT2D eigenvalue weighted by Crippen LogP contribution is -2.44. The van der Waals surface area contributed by atoms with Crippen molar-refractivity contribution in [3.05, 3.63) is 82.9 Å². The van der Waals surface area contributed by atoms with Crippen molar-refractivity contribution in [3.8, 4) is 5.75 Å². The second-order valence-corrected chi connectivity index (χ2v) is 8.07. The maximum atomic E-state index is 12.8. The van der Waals surface area contributed by atoms with Crippen LogP contribution in [-0.4, -0.2) is 53.2 Å². The summed E-state index contributed by atoms with van der Waals surface area (Å²) in [6.45, 7) is 3.78. The van der Waals surface area contributed by atoms with Crippen molar-refractivity contribution < 1.29 is 14.3 Å². The van der Waals surface area contributed by atoms with E-state index in [-0.39, 0.29) is 11.9 Å². The number of carbonyl (C=O) groups is 1. The minimum Gasteiger partial charge on any atom is -0.486 e. The molecule has 1 amide bonds. The summed E-state index contributed by atoms with van der Waals surface area (Å²) in [5.41, 5.74) is 1.59. The molecule has 2 aromatic carbocycles. The van der Waals surface area contributed by atoms with Gasteiger partial charge in [-0.25, -0.2) is 4.98 Å². The molecule has 4 rings (SSSR count). The van der Waals surface area contributed by atoms with Crippen LogP contribution in [0.4, 0.5) is 0 Å². The van der Waals surface area contributed by atoms with Crippen molar-refractivity contribution >= 4 is 17.5 Å². The summed E-state index contributed by atoms with van der Waals surface area (Å²) in [6, 6.07) is 14.9. The summed E-state index contributed by atoms with van der Waals surface area (Å²) in [4.78, 5) is 19.4. The highest BCUT2D eigenvalue weighted by molar-refractivity contribution is 6.31. The predicted molar refractivity (Wildman–Crippen MR) is 123 cm³/mol. The van der Waals surface area contributed by atoms with Gasteiger partial charge in [-0.05, 0) is 35.9 Å². The maximum Gasteiger partial charge on any atom is 0.251 e. The topological polar surface area (TPSA) is 68.6 Å². The van der Waals surface area contributed by atoms with Gasteiger partial charge in [-0.1, -0.05) is 29.8 Å². The van der Waals surface area contributed by atoms with Crippen LogP contribution in [0.2, 0.25) is 5.02 Å². The number of amides is 1. The highest BCUT2D eigenvalue weighted by Gasteiger charge is 2.25. The number of morpholine rings is 1. The zero-order valence-corrected chi connectivity index (χ0v) is 18.8. The quantitative estimate of drug-likeness (QED) is 0.564. The number of aromatic nitrogens is 2. The van der Waals surface area contributed by atoms with Gasteiger partial charge >= 0.3 is 0 Å². The maximum absolute atomic E-state index is 12.8. The highest BCUT2D eigenvalue weighted by atomic mass is 35.5. The molecule has 32 heavy (non-hydrogen) atoms. The van der Waals surface area contributed by atoms with E-state index >= 15 is 0 Å². The number of aryl methyl sites for hydroxylation is 1. The summed E-state index contributed by atoms with van der Waals surface area (Å²) < 4.78 is 13.2. The molecule has 0 saturated carbocycles. The fourth-order valence-corrected chi connectivity index (χ4v) is 4.01. The number of hydrogen-bond acceptors (Lipinski definition) is 5. The van der Waals surface area contributed by atoms with Crippen LogP contribution in [0, 0.1) is 0 Å². The number of nitrogens with one attached hydrogen (secondary N) is 1. The van der Waals surface area contributed by atoms with Gasteiger partial charge in [-0.3, -0.25) is 9.69 Å². The largest absolute Gasteiger partial charge is 0.486 e. The Kier molecular flexibility index (Phi) is 7.42. The number of rotatable bonds is 8. The molecule has 1 fully saturated rings. The molecule has 2 heterocycles. The average Bonchev–Trinajstić information content (AvgIpc) is 3.24. The van der Waals surface area contributed by atoms with Crippen molar-refractivity contribution in [2.45, 2.75) is 12.6 Å². The number of carbonyl (C=O) groups excluding carboxylic acids is 1. The first kappa shape index (κ1) is 22.3. The second kappa shape index (κ2) is 10.6. The van der Waals surface area contributed by atoms with E-state index in [9.17, 15) is 4.79 Å². The SMILES string of the molecule is Cn1ccnc1COc1ccc(C(=O)NCC(c2ccccc2Cl)N2CCOCC2)cc1. The standard InChI is InChI=1S/C24H27ClN4O3/c1-28-11-10-26-23(28)17-32-19-8-6-18(7-9-19)24(30)27-16-22(29-12-14-31-15-13-29)20-4-2-3-5-21(20)25/h2-11,22H,12-17H2,1H3,(H,27,30). The van der Waals surface area contributed by atoms with Gasteiger partial charge in [0.05, 0.1) is 19.3 Å². The van der Waals surface area contributed by atoms with E-state index < -0.39 is 0 Å². The van der Waals surface area contributed by atoms with E-state index in [2.05, 4.69) is 15.2 Å². The van der Waals surface area contributed by atoms with E-state index in [1.165, 1.54) is 0 Å². The van der Waals surface area contributed by atoms with E-state index in [1.807, 2.05) is 42.1 Å². The number of imidazole rings is 1. The number of nitrogens with zero attached hydrogens (tertiary/aromatic N) is 3. The average molecular weight is 455 g/mol. The molecule has 1 unspecified atom stereocenters. The molecule has 7 nitrogen and oxygen atoms in total. The van der Waals surface area contributed by atoms with Crippen LogP contribution in [0.25, 0.3) is 0 Å². The summed E-state index contributed by atoms with van der Waals surface area (Å²) in [6.07, 6.45) is 3.61. The molecule has 1 saturated heterocycles. The van der Waals surface area contributed by atoms with Crippen molar-refractivity contribution in [2.24, 2.45) is 7.05 Å². The lowest BCUT2D eigenvalue weighted by atomic mass is 10.0. The van der Waals surface area contributed by atoms with Crippen LogP contribution in [-0.2, 0) is 18.4 Å². The van der Waals surface area contributed by atoms with Crippen LogP contribution in [0.1, 0.15) is 27.8 Å². The molecule has 1 N–H and O–H groups in total. The third-order valence-corrected chi connectivity index (χ3v) is 5.96. The van der Waals surface area contributed by atoms with Crippen LogP contribution in [0.3, 0.4) is 0 Å². The first-order chi connectivity index (χ1) is 15.6. The molecule has 0 radical (unpaired) electrons. The smallest absolute Gasteiger partial charge is 0.251 e. The summed E-state index contributed by atoms with van der Waals surface area (Å²) in [5.74, 6) is 1.39. The van der Waals surface area contributed by atoms with Gasteiger partial charge in [0.2, 0.25) is 0 Å². The van der Waals surface area contributed by atoms with E-state index in [1.54, 1.807) is 30.5 Å². The number of benzene rings is 2. The second-order valence-electron chi connectivity index (χ2n) is 7.66. The molecule has 1 aliphatic rings. The summed E-state index contributed by atoms with van der Waals surface area (Å²) >= 11 is 6.47. The van der Waals surface area contributed by atoms with Gasteiger partial charge in [0, 0.05) is 49.7 Å². The minimum absolute atomic E-state index is 0.0167. The van der Waals surface area contributed by atoms with Gasteiger partial charge in [-0.15, -0.1) is 0 Å². The Hall–Kier alpha value is -2.87. The fraction of sp³-hybridized carbons (Fsp3) is 0.333. The van der Waals surface area contributed by atoms with Gasteiger partial charge in [-0.2, -0.15) is 0 Å². The zero-order valence-electron chi connectivity index (χ0n) is 18.0. The Morgan fingerprint density at radius 2 is 1.94 bits per heavy atom. The van der Waals surface area contributed by atoms with Crippen LogP contribution < -0.4 is 10.1 Å². The molecular weight excluding hydrogens is 428 g/mol. The Morgan fingerprint density at radius 1 is 1.19 bits per heavy atom. The van der Waals surface area contributed by atoms with Crippen LogP contribution >= 0.6 is 11.6 Å². The lowest BCUT2D eigenvalue weighted by molar-refractivity contribution is 0.0162. The van der Waals surface area contributed by atoms with Crippen molar-refractivity contribution in [1.82, 2.24) is 19.8 Å². The number of hydrogen-bond donors (Lipinski definition) is 1. The van der Waals surface area contributed by atoms with Gasteiger partial charge in [0.25, 0.3) is 5.91 Å². The zero-order chi connectivity index (χ0) is 22.3. The Balaban J connectivity index is 1.38. The van der Waals surface area contributed by atoms with Gasteiger partial charge in [0.1, 0.15) is 18.2 Å². The molecule has 0 spiro atoms. The number of ether oxygens (including phenoxy) is 2. The summed E-state index contributed by atoms with van der Waals surface area (Å²) in [5, 5.41) is 3.77. The van der Waals surface area contributed by atoms with Crippen molar-refractivity contribution in [2.75, 3.05) is 32.8 Å². The third kappa shape index (κ3) is 5.48. The lowest BCUT2D eigenvalue weighted by Gasteiger charge is -2.35. The first-order valence-electron chi connectivity index (χ1n) is 10.7. The summed E-state index contributed by atoms with van der Waals surface area (Å²) in [7, 11) is 1.92. The minimum atomic E-state index is -0.133.